The molecular formula is C16H19ClF2N2O3. The van der Waals surface area contributed by atoms with Gasteiger partial charge in [-0.3, -0.25) is 0 Å². The fraction of sp³-hybridized carbons (Fsp3) is 0.375. The van der Waals surface area contributed by atoms with Crippen LogP contribution in [0.15, 0.2) is 30.3 Å². The molecule has 8 heteroatoms. The lowest BCUT2D eigenvalue weighted by atomic mass is 9.96. The summed E-state index contributed by atoms with van der Waals surface area (Å²) in [6.45, 7) is 4.00. The first-order valence-corrected chi connectivity index (χ1v) is 7.60. The van der Waals surface area contributed by atoms with Crippen molar-refractivity contribution in [3.8, 4) is 0 Å². The third-order valence-electron chi connectivity index (χ3n) is 3.08. The van der Waals surface area contributed by atoms with Crippen LogP contribution in [0.5, 0.6) is 0 Å². The Morgan fingerprint density at radius 3 is 2.58 bits per heavy atom. The summed E-state index contributed by atoms with van der Waals surface area (Å²) in [6.07, 6.45) is 1.21. The van der Waals surface area contributed by atoms with Crippen molar-refractivity contribution < 1.29 is 23.0 Å². The van der Waals surface area contributed by atoms with E-state index in [9.17, 15) is 13.6 Å². The second-order valence-electron chi connectivity index (χ2n) is 4.36. The van der Waals surface area contributed by atoms with Gasteiger partial charge < -0.3 is 14.8 Å². The maximum absolute atomic E-state index is 12.9. The third-order valence-corrected chi connectivity index (χ3v) is 3.28. The van der Waals surface area contributed by atoms with Crippen LogP contribution >= 0.6 is 11.6 Å². The average molecular weight is 361 g/mol. The van der Waals surface area contributed by atoms with Crippen LogP contribution in [-0.4, -0.2) is 37.6 Å². The molecule has 1 aliphatic rings. The van der Waals surface area contributed by atoms with Gasteiger partial charge in [0, 0.05) is 23.5 Å². The van der Waals surface area contributed by atoms with Crippen LogP contribution in [-0.2, 0) is 9.47 Å². The number of pyridine rings is 1. The van der Waals surface area contributed by atoms with Crippen molar-refractivity contribution in [3.63, 3.8) is 0 Å². The minimum Gasteiger partial charge on any atom is -0.495 e. The first-order chi connectivity index (χ1) is 11.5. The Labute approximate surface area is 144 Å². The molecule has 0 aromatic carbocycles. The fourth-order valence-electron chi connectivity index (χ4n) is 2.02. The van der Waals surface area contributed by atoms with Crippen LogP contribution in [0.1, 0.15) is 29.8 Å². The van der Waals surface area contributed by atoms with Crippen molar-refractivity contribution in [1.82, 2.24) is 10.3 Å². The number of hydrogen-bond acceptors (Lipinski definition) is 5. The highest BCUT2D eigenvalue weighted by Gasteiger charge is 2.26. The zero-order chi connectivity index (χ0) is 18.3. The number of carbonyl (C=O) groups is 1. The van der Waals surface area contributed by atoms with Gasteiger partial charge in [-0.25, -0.2) is 18.6 Å². The quantitative estimate of drug-likeness (QED) is 0.656. The summed E-state index contributed by atoms with van der Waals surface area (Å²) in [7, 11) is 2.61. The number of rotatable bonds is 4. The number of hydrogen-bond donors (Lipinski definition) is 1. The molecule has 2 heterocycles. The van der Waals surface area contributed by atoms with Crippen molar-refractivity contribution in [2.24, 2.45) is 0 Å². The lowest BCUT2D eigenvalue weighted by Gasteiger charge is -2.23. The van der Waals surface area contributed by atoms with E-state index >= 15 is 0 Å². The van der Waals surface area contributed by atoms with Crippen LogP contribution in [0, 0.1) is 0 Å². The number of esters is 1. The Bertz CT molecular complexity index is 648. The molecule has 0 saturated heterocycles. The molecule has 0 radical (unpaired) electrons. The minimum absolute atomic E-state index is 0.107. The van der Waals surface area contributed by atoms with Crippen LogP contribution in [0.2, 0.25) is 5.15 Å². The van der Waals surface area contributed by atoms with Crippen LogP contribution in [0.25, 0.3) is 5.57 Å². The summed E-state index contributed by atoms with van der Waals surface area (Å²) >= 11 is 5.86. The van der Waals surface area contributed by atoms with Gasteiger partial charge in [-0.15, -0.1) is 0 Å². The van der Waals surface area contributed by atoms with E-state index in [1.54, 1.807) is 0 Å². The Morgan fingerprint density at radius 2 is 2.04 bits per heavy atom. The maximum Gasteiger partial charge on any atom is 0.340 e. The Hall–Kier alpha value is -2.15. The summed E-state index contributed by atoms with van der Waals surface area (Å²) in [5, 5.41) is 2.64. The zero-order valence-corrected chi connectivity index (χ0v) is 14.5. The van der Waals surface area contributed by atoms with Gasteiger partial charge in [0.1, 0.15) is 17.0 Å². The van der Waals surface area contributed by atoms with Gasteiger partial charge >= 0.3 is 5.97 Å². The van der Waals surface area contributed by atoms with Gasteiger partial charge in [0.2, 0.25) is 0 Å². The Kier molecular flexibility index (Phi) is 7.64. The van der Waals surface area contributed by atoms with Gasteiger partial charge in [0.15, 0.2) is 0 Å². The summed E-state index contributed by atoms with van der Waals surface area (Å²) < 4.78 is 35.7. The minimum atomic E-state index is -2.62. The molecule has 0 saturated carbocycles. The highest BCUT2D eigenvalue weighted by Crippen LogP contribution is 2.31. The SMILES string of the molecule is CC.COC(=O)c1cnc(Cl)cc1C1=CC(C(F)F)NC=C1OC. The van der Waals surface area contributed by atoms with E-state index in [1.807, 2.05) is 13.8 Å². The van der Waals surface area contributed by atoms with Crippen molar-refractivity contribution in [3.05, 3.63) is 46.6 Å². The number of aromatic nitrogens is 1. The topological polar surface area (TPSA) is 60.5 Å². The van der Waals surface area contributed by atoms with Gasteiger partial charge in [-0.2, -0.15) is 0 Å². The molecule has 2 rings (SSSR count). The number of nitrogens with zero attached hydrogens (tertiary/aromatic N) is 1. The largest absolute Gasteiger partial charge is 0.495 e. The molecule has 132 valence electrons. The highest BCUT2D eigenvalue weighted by molar-refractivity contribution is 6.29. The van der Waals surface area contributed by atoms with E-state index in [1.165, 1.54) is 38.8 Å². The van der Waals surface area contributed by atoms with Gasteiger partial charge in [0.25, 0.3) is 6.43 Å². The summed E-state index contributed by atoms with van der Waals surface area (Å²) in [5.41, 5.74) is 0.736. The predicted octanol–water partition coefficient (Wildman–Crippen LogP) is 3.66. The maximum atomic E-state index is 12.9. The molecule has 0 bridgehead atoms. The standard InChI is InChI=1S/C14H13ClF2N2O3.C2H6/c1-21-11-6-18-10(13(16)17)3-8(11)7-4-12(15)19-5-9(7)14(20)22-2;1-2/h3-6,10,13,18H,1-2H3;1-2H3. The molecule has 1 aromatic heterocycles. The predicted molar refractivity (Wildman–Crippen MR) is 87.9 cm³/mol. The van der Waals surface area contributed by atoms with Crippen LogP contribution in [0.3, 0.4) is 0 Å². The molecule has 0 amide bonds. The van der Waals surface area contributed by atoms with Crippen LogP contribution in [0.4, 0.5) is 8.78 Å². The Balaban J connectivity index is 0.00000139. The zero-order valence-electron chi connectivity index (χ0n) is 13.8. The number of dihydropyridines is 1. The van der Waals surface area contributed by atoms with Crippen LogP contribution < -0.4 is 5.32 Å². The van der Waals surface area contributed by atoms with Crippen molar-refractivity contribution >= 4 is 23.1 Å². The van der Waals surface area contributed by atoms with E-state index < -0.39 is 18.4 Å². The summed E-state index contributed by atoms with van der Waals surface area (Å²) in [6, 6.07) is 0.201. The van der Waals surface area contributed by atoms with E-state index in [4.69, 9.17) is 16.3 Å². The highest BCUT2D eigenvalue weighted by atomic mass is 35.5. The van der Waals surface area contributed by atoms with E-state index in [0.717, 1.165) is 0 Å². The molecule has 0 aliphatic carbocycles. The first-order valence-electron chi connectivity index (χ1n) is 7.22. The molecule has 5 nitrogen and oxygen atoms in total. The van der Waals surface area contributed by atoms with Gasteiger partial charge in [-0.1, -0.05) is 25.4 Å². The van der Waals surface area contributed by atoms with E-state index in [-0.39, 0.29) is 10.7 Å². The second kappa shape index (κ2) is 9.22. The molecule has 1 aliphatic heterocycles. The number of alkyl halides is 2. The number of methoxy groups -OCH3 is 2. The summed E-state index contributed by atoms with van der Waals surface area (Å²) in [5.74, 6) is -0.355. The average Bonchev–Trinajstić information content (AvgIpc) is 2.62. The monoisotopic (exact) mass is 360 g/mol. The van der Waals surface area contributed by atoms with Gasteiger partial charge in [0.05, 0.1) is 19.8 Å². The molecule has 0 spiro atoms. The molecular weight excluding hydrogens is 342 g/mol. The smallest absolute Gasteiger partial charge is 0.340 e. The number of nitrogens with one attached hydrogen (secondary N) is 1. The lowest BCUT2D eigenvalue weighted by molar-refractivity contribution is 0.0600. The second-order valence-corrected chi connectivity index (χ2v) is 4.75. The van der Waals surface area contributed by atoms with E-state index in [0.29, 0.717) is 16.9 Å². The fourth-order valence-corrected chi connectivity index (χ4v) is 2.18. The molecule has 1 N–H and O–H groups in total. The van der Waals surface area contributed by atoms with Crippen molar-refractivity contribution in [2.45, 2.75) is 26.3 Å². The normalized spacial score (nSPS) is 16.2. The number of allylic oxidation sites excluding steroid dienone is 1. The molecule has 0 fully saturated rings. The number of ether oxygens (including phenoxy) is 2. The van der Waals surface area contributed by atoms with E-state index in [2.05, 4.69) is 15.0 Å². The Morgan fingerprint density at radius 1 is 1.38 bits per heavy atom. The van der Waals surface area contributed by atoms with Crippen molar-refractivity contribution in [1.29, 1.82) is 0 Å². The molecule has 24 heavy (non-hydrogen) atoms. The molecule has 1 unspecified atom stereocenters. The van der Waals surface area contributed by atoms with Crippen molar-refractivity contribution in [2.75, 3.05) is 14.2 Å². The molecule has 1 atom stereocenters. The first kappa shape index (κ1) is 19.9. The number of halogens is 3. The summed E-state index contributed by atoms with van der Waals surface area (Å²) in [4.78, 5) is 15.7. The lowest BCUT2D eigenvalue weighted by Crippen LogP contribution is -2.33. The molecule has 1 aromatic rings. The third kappa shape index (κ3) is 4.44. The van der Waals surface area contributed by atoms with Gasteiger partial charge in [-0.05, 0) is 12.1 Å². The number of carbonyl (C=O) groups excluding carboxylic acids is 1.